The molecule has 98 valence electrons. The van der Waals surface area contributed by atoms with Crippen LogP contribution in [0, 0.1) is 11.3 Å². The van der Waals surface area contributed by atoms with Gasteiger partial charge in [-0.05, 0) is 43.3 Å². The molecule has 4 nitrogen and oxygen atoms in total. The Kier molecular flexibility index (Phi) is 3.88. The summed E-state index contributed by atoms with van der Waals surface area (Å²) in [4.78, 5) is 2.06. The van der Waals surface area contributed by atoms with Gasteiger partial charge in [0.25, 0.3) is 0 Å². The van der Waals surface area contributed by atoms with Crippen LogP contribution in [0.1, 0.15) is 24.3 Å². The fraction of sp³-hybridized carbons (Fsp3) is 0.267. The van der Waals surface area contributed by atoms with Crippen molar-refractivity contribution >= 4 is 5.69 Å². The molecule has 0 amide bonds. The van der Waals surface area contributed by atoms with Gasteiger partial charge in [-0.25, -0.2) is 0 Å². The number of nitrogens with two attached hydrogens (primary N) is 1. The van der Waals surface area contributed by atoms with Crippen molar-refractivity contribution in [2.75, 3.05) is 11.9 Å². The molecule has 0 bridgehead atoms. The second-order valence-corrected chi connectivity index (χ2v) is 4.59. The second kappa shape index (κ2) is 5.59. The van der Waals surface area contributed by atoms with Crippen LogP contribution in [0.2, 0.25) is 0 Å². The SMILES string of the molecule is CC(N)C(c1ccco1)N(C)c1ccc(C#N)cc1. The summed E-state index contributed by atoms with van der Waals surface area (Å²) in [5.41, 5.74) is 7.71. The van der Waals surface area contributed by atoms with E-state index in [4.69, 9.17) is 15.4 Å². The van der Waals surface area contributed by atoms with Crippen LogP contribution in [0.5, 0.6) is 0 Å². The van der Waals surface area contributed by atoms with Gasteiger partial charge in [-0.15, -0.1) is 0 Å². The topological polar surface area (TPSA) is 66.2 Å². The highest BCUT2D eigenvalue weighted by Gasteiger charge is 2.24. The van der Waals surface area contributed by atoms with E-state index in [0.29, 0.717) is 5.56 Å². The molecule has 0 aliphatic heterocycles. The predicted molar refractivity (Wildman–Crippen MR) is 74.7 cm³/mol. The monoisotopic (exact) mass is 255 g/mol. The predicted octanol–water partition coefficient (Wildman–Crippen LogP) is 2.68. The van der Waals surface area contributed by atoms with E-state index in [2.05, 4.69) is 11.0 Å². The number of rotatable bonds is 4. The zero-order valence-electron chi connectivity index (χ0n) is 11.1. The van der Waals surface area contributed by atoms with Gasteiger partial charge >= 0.3 is 0 Å². The second-order valence-electron chi connectivity index (χ2n) is 4.59. The van der Waals surface area contributed by atoms with Crippen LogP contribution in [-0.4, -0.2) is 13.1 Å². The van der Waals surface area contributed by atoms with Crippen LogP contribution in [0.15, 0.2) is 47.1 Å². The Morgan fingerprint density at radius 3 is 2.42 bits per heavy atom. The van der Waals surface area contributed by atoms with Gasteiger partial charge in [-0.1, -0.05) is 0 Å². The van der Waals surface area contributed by atoms with E-state index in [0.717, 1.165) is 11.4 Å². The van der Waals surface area contributed by atoms with Gasteiger partial charge in [-0.2, -0.15) is 5.26 Å². The summed E-state index contributed by atoms with van der Waals surface area (Å²) in [5, 5.41) is 8.82. The fourth-order valence-electron chi connectivity index (χ4n) is 2.19. The Hall–Kier alpha value is -2.25. The normalized spacial score (nSPS) is 13.6. The summed E-state index contributed by atoms with van der Waals surface area (Å²) < 4.78 is 5.47. The van der Waals surface area contributed by atoms with E-state index in [1.807, 2.05) is 38.2 Å². The number of hydrogen-bond donors (Lipinski definition) is 1. The van der Waals surface area contributed by atoms with Crippen LogP contribution >= 0.6 is 0 Å². The first-order chi connectivity index (χ1) is 9.13. The zero-order chi connectivity index (χ0) is 13.8. The molecule has 0 aliphatic rings. The van der Waals surface area contributed by atoms with Crippen molar-refractivity contribution in [1.29, 1.82) is 5.26 Å². The number of hydrogen-bond acceptors (Lipinski definition) is 4. The minimum Gasteiger partial charge on any atom is -0.467 e. The quantitative estimate of drug-likeness (QED) is 0.912. The van der Waals surface area contributed by atoms with Gasteiger partial charge in [-0.3, -0.25) is 0 Å². The van der Waals surface area contributed by atoms with E-state index >= 15 is 0 Å². The summed E-state index contributed by atoms with van der Waals surface area (Å²) in [5.74, 6) is 0.835. The van der Waals surface area contributed by atoms with Crippen LogP contribution < -0.4 is 10.6 Å². The molecule has 2 atom stereocenters. The summed E-state index contributed by atoms with van der Waals surface area (Å²) >= 11 is 0. The molecule has 0 fully saturated rings. The molecular weight excluding hydrogens is 238 g/mol. The van der Waals surface area contributed by atoms with Crippen molar-refractivity contribution in [1.82, 2.24) is 0 Å². The Morgan fingerprint density at radius 1 is 1.26 bits per heavy atom. The smallest absolute Gasteiger partial charge is 0.127 e. The van der Waals surface area contributed by atoms with Crippen molar-refractivity contribution in [3.63, 3.8) is 0 Å². The minimum atomic E-state index is -0.0770. The molecule has 0 spiro atoms. The van der Waals surface area contributed by atoms with Gasteiger partial charge in [0.15, 0.2) is 0 Å². The summed E-state index contributed by atoms with van der Waals surface area (Å²) in [6.07, 6.45) is 1.65. The lowest BCUT2D eigenvalue weighted by Crippen LogP contribution is -2.37. The molecular formula is C15H17N3O. The summed E-state index contributed by atoms with van der Waals surface area (Å²) in [6.45, 7) is 1.95. The Labute approximate surface area is 113 Å². The highest BCUT2D eigenvalue weighted by Crippen LogP contribution is 2.28. The van der Waals surface area contributed by atoms with Crippen LogP contribution in [-0.2, 0) is 0 Å². The molecule has 19 heavy (non-hydrogen) atoms. The highest BCUT2D eigenvalue weighted by molar-refractivity contribution is 5.50. The number of anilines is 1. The molecule has 4 heteroatoms. The molecule has 0 aliphatic carbocycles. The van der Waals surface area contributed by atoms with Crippen molar-refractivity contribution in [2.24, 2.45) is 5.73 Å². The van der Waals surface area contributed by atoms with E-state index in [1.54, 1.807) is 18.4 Å². The third kappa shape index (κ3) is 2.78. The molecule has 1 heterocycles. The first-order valence-corrected chi connectivity index (χ1v) is 6.15. The average molecular weight is 255 g/mol. The van der Waals surface area contributed by atoms with E-state index in [-0.39, 0.29) is 12.1 Å². The number of likely N-dealkylation sites (N-methyl/N-ethyl adjacent to an activating group) is 1. The lowest BCUT2D eigenvalue weighted by Gasteiger charge is -2.31. The maximum atomic E-state index is 8.82. The molecule has 1 aromatic carbocycles. The van der Waals surface area contributed by atoms with Crippen molar-refractivity contribution < 1.29 is 4.42 Å². The van der Waals surface area contributed by atoms with Gasteiger partial charge < -0.3 is 15.1 Å². The van der Waals surface area contributed by atoms with Crippen molar-refractivity contribution in [3.05, 3.63) is 54.0 Å². The zero-order valence-corrected chi connectivity index (χ0v) is 11.1. The number of benzene rings is 1. The highest BCUT2D eigenvalue weighted by atomic mass is 16.3. The van der Waals surface area contributed by atoms with Crippen LogP contribution in [0.25, 0.3) is 0 Å². The molecule has 0 radical (unpaired) electrons. The molecule has 2 N–H and O–H groups in total. The Balaban J connectivity index is 2.29. The minimum absolute atomic E-state index is 0.0389. The lowest BCUT2D eigenvalue weighted by molar-refractivity contribution is 0.423. The van der Waals surface area contributed by atoms with Gasteiger partial charge in [0.1, 0.15) is 11.8 Å². The Morgan fingerprint density at radius 2 is 1.95 bits per heavy atom. The summed E-state index contributed by atoms with van der Waals surface area (Å²) in [7, 11) is 1.97. The maximum absolute atomic E-state index is 8.82. The van der Waals surface area contributed by atoms with Crippen molar-refractivity contribution in [2.45, 2.75) is 19.0 Å². The van der Waals surface area contributed by atoms with E-state index in [9.17, 15) is 0 Å². The maximum Gasteiger partial charge on any atom is 0.127 e. The fourth-order valence-corrected chi connectivity index (χ4v) is 2.19. The standard InChI is InChI=1S/C15H17N3O/c1-11(17)15(14-4-3-9-19-14)18(2)13-7-5-12(10-16)6-8-13/h3-9,11,15H,17H2,1-2H3. The average Bonchev–Trinajstić information content (AvgIpc) is 2.92. The molecule has 2 unspecified atom stereocenters. The van der Waals surface area contributed by atoms with Gasteiger partial charge in [0.05, 0.1) is 17.9 Å². The van der Waals surface area contributed by atoms with E-state index < -0.39 is 0 Å². The Bertz CT molecular complexity index is 552. The molecule has 2 rings (SSSR count). The molecule has 2 aromatic rings. The largest absolute Gasteiger partial charge is 0.467 e. The first kappa shape index (κ1) is 13.2. The van der Waals surface area contributed by atoms with Crippen LogP contribution in [0.3, 0.4) is 0 Å². The van der Waals surface area contributed by atoms with Gasteiger partial charge in [0.2, 0.25) is 0 Å². The number of furan rings is 1. The third-order valence-electron chi connectivity index (χ3n) is 3.15. The van der Waals surface area contributed by atoms with Gasteiger partial charge in [0, 0.05) is 18.8 Å². The van der Waals surface area contributed by atoms with E-state index in [1.165, 1.54) is 0 Å². The molecule has 0 saturated carbocycles. The van der Waals surface area contributed by atoms with Crippen molar-refractivity contribution in [3.8, 4) is 6.07 Å². The lowest BCUT2D eigenvalue weighted by atomic mass is 10.1. The molecule has 1 aromatic heterocycles. The molecule has 0 saturated heterocycles. The van der Waals surface area contributed by atoms with Crippen LogP contribution in [0.4, 0.5) is 5.69 Å². The first-order valence-electron chi connectivity index (χ1n) is 6.15. The number of nitriles is 1. The third-order valence-corrected chi connectivity index (χ3v) is 3.15. The summed E-state index contributed by atoms with van der Waals surface area (Å²) in [6, 6.07) is 13.2. The number of nitrogens with zero attached hydrogens (tertiary/aromatic N) is 2.